The molecule has 1 aromatic carbocycles. The number of ether oxygens (including phenoxy) is 2. The number of benzene rings is 1. The Balaban J connectivity index is 1.09. The van der Waals surface area contributed by atoms with Crippen LogP contribution in [0.1, 0.15) is 33.0 Å². The van der Waals surface area contributed by atoms with E-state index in [0.717, 1.165) is 61.7 Å². The number of piperazine rings is 1. The van der Waals surface area contributed by atoms with Gasteiger partial charge in [-0.25, -0.2) is 9.78 Å². The molecule has 5 rings (SSSR count). The van der Waals surface area contributed by atoms with Gasteiger partial charge in [0.25, 0.3) is 0 Å². The van der Waals surface area contributed by atoms with Crippen LogP contribution in [-0.4, -0.2) is 82.0 Å². The van der Waals surface area contributed by atoms with E-state index < -0.39 is 5.60 Å². The smallest absolute Gasteiger partial charge is 0.332 e. The predicted octanol–water partition coefficient (Wildman–Crippen LogP) is 3.87. The lowest BCUT2D eigenvalue weighted by atomic mass is 10.1. The third-order valence-electron chi connectivity index (χ3n) is 6.65. The second-order valence-electron chi connectivity index (χ2n) is 10.8. The van der Waals surface area contributed by atoms with Crippen LogP contribution in [0.15, 0.2) is 59.6 Å². The standard InChI is InChI=1S/C29H37N7O4/c1-29(2,3)40-26(37)20-38-16-5-11-34-12-14-35(15-13-34)23-9-7-22(8-10-23)25-19-31-28(36-21-32-33-27(25)36)30-18-24-6-4-17-39-24/h4,6-10,17,19,21H,5,11-16,18,20H2,1-3H3,(H,30,31). The normalized spacial score (nSPS) is 14.5. The van der Waals surface area contributed by atoms with Crippen molar-refractivity contribution in [1.82, 2.24) is 24.5 Å². The molecular weight excluding hydrogens is 510 g/mol. The summed E-state index contributed by atoms with van der Waals surface area (Å²) in [4.78, 5) is 21.2. The molecule has 0 unspecified atom stereocenters. The van der Waals surface area contributed by atoms with Gasteiger partial charge in [-0.3, -0.25) is 9.30 Å². The summed E-state index contributed by atoms with van der Waals surface area (Å²) < 4.78 is 18.0. The minimum Gasteiger partial charge on any atom is -0.467 e. The summed E-state index contributed by atoms with van der Waals surface area (Å²) in [5.74, 6) is 1.17. The monoisotopic (exact) mass is 547 g/mol. The summed E-state index contributed by atoms with van der Waals surface area (Å²) in [6, 6.07) is 12.3. The van der Waals surface area contributed by atoms with Gasteiger partial charge in [-0.2, -0.15) is 0 Å². The lowest BCUT2D eigenvalue weighted by molar-refractivity contribution is -0.160. The first-order valence-electron chi connectivity index (χ1n) is 13.7. The quantitative estimate of drug-likeness (QED) is 0.219. The van der Waals surface area contributed by atoms with Crippen LogP contribution in [0.4, 0.5) is 11.6 Å². The lowest BCUT2D eigenvalue weighted by Crippen LogP contribution is -2.46. The fourth-order valence-electron chi connectivity index (χ4n) is 4.73. The molecule has 0 radical (unpaired) electrons. The zero-order chi connectivity index (χ0) is 28.0. The molecule has 40 heavy (non-hydrogen) atoms. The summed E-state index contributed by atoms with van der Waals surface area (Å²) in [5, 5.41) is 11.7. The largest absolute Gasteiger partial charge is 0.467 e. The van der Waals surface area contributed by atoms with E-state index in [1.165, 1.54) is 5.69 Å². The Kier molecular flexibility index (Phi) is 8.61. The van der Waals surface area contributed by atoms with Crippen molar-refractivity contribution in [2.24, 2.45) is 0 Å². The maximum Gasteiger partial charge on any atom is 0.332 e. The van der Waals surface area contributed by atoms with Crippen LogP contribution in [0.2, 0.25) is 0 Å². The maximum absolute atomic E-state index is 11.7. The van der Waals surface area contributed by atoms with Gasteiger partial charge in [0.05, 0.1) is 12.8 Å². The zero-order valence-electron chi connectivity index (χ0n) is 23.4. The summed E-state index contributed by atoms with van der Waals surface area (Å²) in [6.45, 7) is 11.5. The Morgan fingerprint density at radius 2 is 1.90 bits per heavy atom. The fraction of sp³-hybridized carbons (Fsp3) is 0.448. The summed E-state index contributed by atoms with van der Waals surface area (Å²) in [6.07, 6.45) is 6.04. The lowest BCUT2D eigenvalue weighted by Gasteiger charge is -2.36. The minimum absolute atomic E-state index is 0.00648. The Hall–Kier alpha value is -3.96. The number of hydrogen-bond donors (Lipinski definition) is 1. The number of hydrogen-bond acceptors (Lipinski definition) is 10. The number of nitrogens with one attached hydrogen (secondary N) is 1. The summed E-state index contributed by atoms with van der Waals surface area (Å²) in [5.41, 5.74) is 3.43. The summed E-state index contributed by atoms with van der Waals surface area (Å²) in [7, 11) is 0. The first-order chi connectivity index (χ1) is 19.4. The van der Waals surface area contributed by atoms with Gasteiger partial charge in [0, 0.05) is 56.8 Å². The van der Waals surface area contributed by atoms with Gasteiger partial charge >= 0.3 is 5.97 Å². The Morgan fingerprint density at radius 3 is 2.62 bits per heavy atom. The van der Waals surface area contributed by atoms with Gasteiger partial charge in [-0.15, -0.1) is 10.2 Å². The van der Waals surface area contributed by atoms with Crippen molar-refractivity contribution >= 4 is 23.3 Å². The maximum atomic E-state index is 11.7. The molecule has 0 amide bonds. The topological polar surface area (TPSA) is 110 Å². The number of esters is 1. The van der Waals surface area contributed by atoms with E-state index in [4.69, 9.17) is 13.9 Å². The molecule has 0 bridgehead atoms. The highest BCUT2D eigenvalue weighted by atomic mass is 16.6. The molecule has 3 aromatic heterocycles. The Labute approximate surface area is 234 Å². The van der Waals surface area contributed by atoms with Crippen molar-refractivity contribution in [3.05, 3.63) is 60.9 Å². The van der Waals surface area contributed by atoms with E-state index in [1.807, 2.05) is 43.5 Å². The third-order valence-corrected chi connectivity index (χ3v) is 6.65. The molecule has 0 saturated carbocycles. The zero-order valence-corrected chi connectivity index (χ0v) is 23.4. The second-order valence-corrected chi connectivity index (χ2v) is 10.8. The molecule has 1 fully saturated rings. The first-order valence-corrected chi connectivity index (χ1v) is 13.7. The van der Waals surface area contributed by atoms with Crippen molar-refractivity contribution in [2.45, 2.75) is 39.3 Å². The number of aromatic nitrogens is 4. The number of nitrogens with zero attached hydrogens (tertiary/aromatic N) is 6. The predicted molar refractivity (Wildman–Crippen MR) is 152 cm³/mol. The average molecular weight is 548 g/mol. The van der Waals surface area contributed by atoms with E-state index >= 15 is 0 Å². The number of anilines is 2. The van der Waals surface area contributed by atoms with E-state index in [-0.39, 0.29) is 12.6 Å². The summed E-state index contributed by atoms with van der Waals surface area (Å²) >= 11 is 0. The minimum atomic E-state index is -0.480. The molecule has 0 spiro atoms. The Bertz CT molecular complexity index is 1370. The molecule has 212 valence electrons. The highest BCUT2D eigenvalue weighted by molar-refractivity contribution is 5.78. The van der Waals surface area contributed by atoms with Gasteiger partial charge in [0.2, 0.25) is 5.95 Å². The molecule has 4 heterocycles. The molecule has 4 aromatic rings. The SMILES string of the molecule is CC(C)(C)OC(=O)COCCCN1CCN(c2ccc(-c3cnc(NCc4ccco4)n4cnnc34)cc2)CC1. The van der Waals surface area contributed by atoms with Gasteiger partial charge in [0.1, 0.15) is 24.3 Å². The van der Waals surface area contributed by atoms with Gasteiger partial charge in [-0.05, 0) is 57.0 Å². The highest BCUT2D eigenvalue weighted by Crippen LogP contribution is 2.27. The molecule has 0 aliphatic carbocycles. The van der Waals surface area contributed by atoms with Crippen molar-refractivity contribution in [1.29, 1.82) is 0 Å². The van der Waals surface area contributed by atoms with Crippen LogP contribution in [-0.2, 0) is 20.8 Å². The van der Waals surface area contributed by atoms with E-state index in [9.17, 15) is 4.79 Å². The second kappa shape index (κ2) is 12.5. The van der Waals surface area contributed by atoms with Crippen LogP contribution < -0.4 is 10.2 Å². The van der Waals surface area contributed by atoms with Crippen molar-refractivity contribution < 1.29 is 18.7 Å². The molecule has 0 atom stereocenters. The molecular formula is C29H37N7O4. The molecule has 1 aliphatic rings. The van der Waals surface area contributed by atoms with E-state index in [0.29, 0.717) is 19.1 Å². The van der Waals surface area contributed by atoms with Gasteiger partial charge in [-0.1, -0.05) is 12.1 Å². The third kappa shape index (κ3) is 7.16. The number of fused-ring (bicyclic) bond motifs is 1. The molecule has 11 heteroatoms. The highest BCUT2D eigenvalue weighted by Gasteiger charge is 2.19. The fourth-order valence-corrected chi connectivity index (χ4v) is 4.73. The van der Waals surface area contributed by atoms with Gasteiger partial charge < -0.3 is 24.1 Å². The number of carbonyl (C=O) groups excluding carboxylic acids is 1. The molecule has 1 saturated heterocycles. The van der Waals surface area contributed by atoms with Gasteiger partial charge in [0.15, 0.2) is 5.65 Å². The van der Waals surface area contributed by atoms with Crippen LogP contribution in [0.3, 0.4) is 0 Å². The average Bonchev–Trinajstić information content (AvgIpc) is 3.64. The van der Waals surface area contributed by atoms with Crippen molar-refractivity contribution in [3.8, 4) is 11.1 Å². The van der Waals surface area contributed by atoms with Crippen LogP contribution in [0.25, 0.3) is 16.8 Å². The van der Waals surface area contributed by atoms with E-state index in [1.54, 1.807) is 12.6 Å². The number of carbonyl (C=O) groups is 1. The Morgan fingerprint density at radius 1 is 1.10 bits per heavy atom. The van der Waals surface area contributed by atoms with E-state index in [2.05, 4.69) is 54.6 Å². The molecule has 1 N–H and O–H groups in total. The first kappa shape index (κ1) is 27.6. The van der Waals surface area contributed by atoms with Crippen molar-refractivity contribution in [3.63, 3.8) is 0 Å². The van der Waals surface area contributed by atoms with Crippen LogP contribution >= 0.6 is 0 Å². The molecule has 1 aliphatic heterocycles. The van der Waals surface area contributed by atoms with Crippen LogP contribution in [0.5, 0.6) is 0 Å². The van der Waals surface area contributed by atoms with Crippen molar-refractivity contribution in [2.75, 3.05) is 56.2 Å². The number of rotatable bonds is 11. The molecule has 11 nitrogen and oxygen atoms in total. The van der Waals surface area contributed by atoms with Crippen LogP contribution in [0, 0.1) is 0 Å². The number of furan rings is 1.